The molecule has 2 aromatic heterocycles. The summed E-state index contributed by atoms with van der Waals surface area (Å²) < 4.78 is 41.1. The first-order chi connectivity index (χ1) is 12.7. The number of carbonyl (C=O) groups excluding carboxylic acids is 1. The third kappa shape index (κ3) is 2.84. The Morgan fingerprint density at radius 2 is 2.00 bits per heavy atom. The molecular formula is C17H19F3N6O. The number of nitrogen functional groups attached to an aromatic ring is 1. The minimum atomic E-state index is -4.58. The number of nitrogens with two attached hydrogens (primary N) is 2. The molecule has 0 bridgehead atoms. The van der Waals surface area contributed by atoms with Gasteiger partial charge in [-0.15, -0.1) is 0 Å². The predicted octanol–water partition coefficient (Wildman–Crippen LogP) is 1.38. The van der Waals surface area contributed by atoms with Gasteiger partial charge in [0, 0.05) is 42.5 Å². The summed E-state index contributed by atoms with van der Waals surface area (Å²) >= 11 is 0. The summed E-state index contributed by atoms with van der Waals surface area (Å²) in [7, 11) is 0. The number of anilines is 1. The molecule has 27 heavy (non-hydrogen) atoms. The molecule has 1 saturated heterocycles. The monoisotopic (exact) mass is 380 g/mol. The number of nitrogens with zero attached hydrogens (tertiary/aromatic N) is 4. The van der Waals surface area contributed by atoms with E-state index in [1.807, 2.05) is 4.68 Å². The zero-order valence-corrected chi connectivity index (χ0v) is 14.5. The zero-order valence-electron chi connectivity index (χ0n) is 14.5. The van der Waals surface area contributed by atoms with Crippen LogP contribution >= 0.6 is 0 Å². The van der Waals surface area contributed by atoms with Crippen molar-refractivity contribution in [1.82, 2.24) is 19.7 Å². The van der Waals surface area contributed by atoms with Crippen LogP contribution in [-0.2, 0) is 22.9 Å². The first-order valence-corrected chi connectivity index (χ1v) is 8.63. The molecule has 2 aliphatic rings. The highest BCUT2D eigenvalue weighted by atomic mass is 19.4. The minimum Gasteiger partial charge on any atom is -0.383 e. The van der Waals surface area contributed by atoms with Crippen LogP contribution in [0, 0.1) is 0 Å². The van der Waals surface area contributed by atoms with Gasteiger partial charge in [0.2, 0.25) is 5.91 Å². The van der Waals surface area contributed by atoms with Gasteiger partial charge in [0.05, 0.1) is 17.8 Å². The van der Waals surface area contributed by atoms with Crippen LogP contribution < -0.4 is 11.5 Å². The lowest BCUT2D eigenvalue weighted by molar-refractivity contribution is -0.137. The molecule has 0 aromatic carbocycles. The summed E-state index contributed by atoms with van der Waals surface area (Å²) in [4.78, 5) is 17.3. The first-order valence-electron chi connectivity index (χ1n) is 8.63. The minimum absolute atomic E-state index is 0.0298. The van der Waals surface area contributed by atoms with Crippen LogP contribution in [0.2, 0.25) is 0 Å². The molecule has 0 aliphatic carbocycles. The van der Waals surface area contributed by atoms with Crippen molar-refractivity contribution in [1.29, 1.82) is 0 Å². The Balaban J connectivity index is 1.68. The molecule has 4 heterocycles. The Hall–Kier alpha value is -2.62. The Morgan fingerprint density at radius 1 is 1.26 bits per heavy atom. The topological polar surface area (TPSA) is 103 Å². The summed E-state index contributed by atoms with van der Waals surface area (Å²) in [5, 5.41) is 4.46. The van der Waals surface area contributed by atoms with Gasteiger partial charge in [0.15, 0.2) is 0 Å². The van der Waals surface area contributed by atoms with Crippen molar-refractivity contribution in [2.24, 2.45) is 5.73 Å². The highest BCUT2D eigenvalue weighted by molar-refractivity contribution is 5.78. The van der Waals surface area contributed by atoms with Crippen molar-refractivity contribution in [2.75, 3.05) is 25.4 Å². The standard InChI is InChI=1S/C17H19F3N6O/c18-17(19,20)11-5-10(8-23-15(11)22)12-6-13-16(2-4-26(13)24-12)1-3-25(9-16)14(27)7-21/h5-6,8H,1-4,7,9,21H2,(H2,22,23). The molecule has 1 fully saturated rings. The number of aryl methyl sites for hydroxylation is 1. The predicted molar refractivity (Wildman–Crippen MR) is 91.4 cm³/mol. The van der Waals surface area contributed by atoms with E-state index in [0.717, 1.165) is 24.6 Å². The fourth-order valence-electron chi connectivity index (χ4n) is 4.07. The lowest BCUT2D eigenvalue weighted by Crippen LogP contribution is -2.37. The van der Waals surface area contributed by atoms with E-state index in [1.165, 1.54) is 6.20 Å². The number of halogens is 3. The van der Waals surface area contributed by atoms with E-state index in [-0.39, 0.29) is 23.4 Å². The number of hydrogen-bond donors (Lipinski definition) is 2. The average Bonchev–Trinajstić information content (AvgIpc) is 3.31. The van der Waals surface area contributed by atoms with Crippen molar-refractivity contribution < 1.29 is 18.0 Å². The number of carbonyl (C=O) groups is 1. The van der Waals surface area contributed by atoms with E-state index in [2.05, 4.69) is 10.1 Å². The van der Waals surface area contributed by atoms with Gasteiger partial charge in [-0.3, -0.25) is 9.48 Å². The van der Waals surface area contributed by atoms with Crippen LogP contribution in [0.5, 0.6) is 0 Å². The maximum atomic E-state index is 13.1. The van der Waals surface area contributed by atoms with Gasteiger partial charge < -0.3 is 16.4 Å². The number of amides is 1. The van der Waals surface area contributed by atoms with Crippen LogP contribution in [0.25, 0.3) is 11.3 Å². The van der Waals surface area contributed by atoms with Crippen molar-refractivity contribution in [3.05, 3.63) is 29.6 Å². The summed E-state index contributed by atoms with van der Waals surface area (Å²) in [5.41, 5.74) is 11.3. The van der Waals surface area contributed by atoms with E-state index in [0.29, 0.717) is 25.3 Å². The van der Waals surface area contributed by atoms with E-state index in [1.54, 1.807) is 11.0 Å². The van der Waals surface area contributed by atoms with Gasteiger partial charge in [0.25, 0.3) is 0 Å². The molecule has 4 rings (SSSR count). The quantitative estimate of drug-likeness (QED) is 0.819. The number of fused-ring (bicyclic) bond motifs is 2. The third-order valence-electron chi connectivity index (χ3n) is 5.53. The lowest BCUT2D eigenvalue weighted by Gasteiger charge is -2.23. The SMILES string of the molecule is NCC(=O)N1CCC2(CCn3nc(-c4cnc(N)c(C(F)(F)F)c4)cc32)C1. The van der Waals surface area contributed by atoms with Crippen molar-refractivity contribution in [2.45, 2.75) is 31.0 Å². The number of hydrogen-bond acceptors (Lipinski definition) is 5. The normalized spacial score (nSPS) is 21.9. The Morgan fingerprint density at radius 3 is 2.70 bits per heavy atom. The van der Waals surface area contributed by atoms with Gasteiger partial charge in [0.1, 0.15) is 5.82 Å². The highest BCUT2D eigenvalue weighted by Crippen LogP contribution is 2.44. The number of aromatic nitrogens is 3. The highest BCUT2D eigenvalue weighted by Gasteiger charge is 2.46. The number of alkyl halides is 3. The second kappa shape index (κ2) is 5.95. The molecule has 1 spiro atoms. The molecule has 10 heteroatoms. The molecule has 0 radical (unpaired) electrons. The van der Waals surface area contributed by atoms with E-state index >= 15 is 0 Å². The van der Waals surface area contributed by atoms with Crippen LogP contribution in [-0.4, -0.2) is 45.2 Å². The van der Waals surface area contributed by atoms with Crippen molar-refractivity contribution in [3.8, 4) is 11.3 Å². The van der Waals surface area contributed by atoms with Gasteiger partial charge in [-0.05, 0) is 25.0 Å². The molecule has 7 nitrogen and oxygen atoms in total. The fraction of sp³-hybridized carbons (Fsp3) is 0.471. The van der Waals surface area contributed by atoms with Crippen molar-refractivity contribution >= 4 is 11.7 Å². The third-order valence-corrected chi connectivity index (χ3v) is 5.53. The molecule has 2 aliphatic heterocycles. The Bertz CT molecular complexity index is 909. The number of rotatable bonds is 2. The van der Waals surface area contributed by atoms with Crippen LogP contribution in [0.15, 0.2) is 18.3 Å². The number of likely N-dealkylation sites (tertiary alicyclic amines) is 1. The fourth-order valence-corrected chi connectivity index (χ4v) is 4.07. The maximum Gasteiger partial charge on any atom is 0.419 e. The van der Waals surface area contributed by atoms with Crippen LogP contribution in [0.4, 0.5) is 19.0 Å². The molecule has 4 N–H and O–H groups in total. The first kappa shape index (κ1) is 17.8. The molecule has 1 unspecified atom stereocenters. The Kier molecular flexibility index (Phi) is 3.91. The molecule has 1 amide bonds. The van der Waals surface area contributed by atoms with E-state index in [4.69, 9.17) is 11.5 Å². The van der Waals surface area contributed by atoms with E-state index in [9.17, 15) is 18.0 Å². The molecular weight excluding hydrogens is 361 g/mol. The smallest absolute Gasteiger partial charge is 0.383 e. The average molecular weight is 380 g/mol. The summed E-state index contributed by atoms with van der Waals surface area (Å²) in [6.07, 6.45) is -1.64. The summed E-state index contributed by atoms with van der Waals surface area (Å²) in [6.45, 7) is 1.81. The van der Waals surface area contributed by atoms with Crippen LogP contribution in [0.1, 0.15) is 24.1 Å². The zero-order chi connectivity index (χ0) is 19.4. The summed E-state index contributed by atoms with van der Waals surface area (Å²) in [5.74, 6) is -0.649. The van der Waals surface area contributed by atoms with Gasteiger partial charge in [-0.1, -0.05) is 0 Å². The molecule has 144 valence electrons. The Labute approximate surface area is 153 Å². The van der Waals surface area contributed by atoms with E-state index < -0.39 is 17.6 Å². The van der Waals surface area contributed by atoms with Crippen molar-refractivity contribution in [3.63, 3.8) is 0 Å². The largest absolute Gasteiger partial charge is 0.419 e. The molecule has 0 saturated carbocycles. The lowest BCUT2D eigenvalue weighted by atomic mass is 9.82. The second-order valence-corrected chi connectivity index (χ2v) is 7.09. The summed E-state index contributed by atoms with van der Waals surface area (Å²) in [6, 6.07) is 2.78. The number of pyridine rings is 1. The van der Waals surface area contributed by atoms with Gasteiger partial charge >= 0.3 is 6.18 Å². The second-order valence-electron chi connectivity index (χ2n) is 7.09. The van der Waals surface area contributed by atoms with Gasteiger partial charge in [-0.2, -0.15) is 18.3 Å². The maximum absolute atomic E-state index is 13.1. The van der Waals surface area contributed by atoms with Gasteiger partial charge in [-0.25, -0.2) is 4.98 Å². The molecule has 1 atom stereocenters. The molecule has 2 aromatic rings. The van der Waals surface area contributed by atoms with Crippen LogP contribution in [0.3, 0.4) is 0 Å².